The van der Waals surface area contributed by atoms with Crippen LogP contribution >= 0.6 is 0 Å². The Balaban J connectivity index is 1.83. The highest BCUT2D eigenvalue weighted by Gasteiger charge is 2.09. The van der Waals surface area contributed by atoms with E-state index in [9.17, 15) is 14.4 Å². The molecule has 0 spiro atoms. The quantitative estimate of drug-likeness (QED) is 0.731. The van der Waals surface area contributed by atoms with Crippen molar-refractivity contribution in [3.8, 4) is 11.1 Å². The van der Waals surface area contributed by atoms with Gasteiger partial charge < -0.3 is 15.6 Å². The van der Waals surface area contributed by atoms with E-state index in [2.05, 4.69) is 10.3 Å². The molecular weight excluding hydrogens is 332 g/mol. The molecule has 2 amide bonds. The summed E-state index contributed by atoms with van der Waals surface area (Å²) in [5.41, 5.74) is 7.36. The SMILES string of the molecule is NC(=O)Cn1cc(NC(=O)c2cccc(-c3cccnc3)c2)ccc1=O. The van der Waals surface area contributed by atoms with Gasteiger partial charge in [-0.05, 0) is 29.8 Å². The summed E-state index contributed by atoms with van der Waals surface area (Å²) < 4.78 is 1.14. The van der Waals surface area contributed by atoms with Gasteiger partial charge in [-0.2, -0.15) is 0 Å². The smallest absolute Gasteiger partial charge is 0.255 e. The van der Waals surface area contributed by atoms with Crippen molar-refractivity contribution in [1.82, 2.24) is 9.55 Å². The third kappa shape index (κ3) is 4.02. The number of benzene rings is 1. The van der Waals surface area contributed by atoms with E-state index in [1.54, 1.807) is 30.6 Å². The van der Waals surface area contributed by atoms with Crippen LogP contribution in [0.3, 0.4) is 0 Å². The Morgan fingerprint density at radius 2 is 1.88 bits per heavy atom. The van der Waals surface area contributed by atoms with Gasteiger partial charge in [0.1, 0.15) is 6.54 Å². The van der Waals surface area contributed by atoms with E-state index in [4.69, 9.17) is 5.73 Å². The van der Waals surface area contributed by atoms with Crippen LogP contribution in [0.4, 0.5) is 5.69 Å². The van der Waals surface area contributed by atoms with Crippen molar-refractivity contribution in [3.63, 3.8) is 0 Å². The summed E-state index contributed by atoms with van der Waals surface area (Å²) >= 11 is 0. The summed E-state index contributed by atoms with van der Waals surface area (Å²) in [7, 11) is 0. The summed E-state index contributed by atoms with van der Waals surface area (Å²) in [6.07, 6.45) is 4.79. The monoisotopic (exact) mass is 348 g/mol. The molecule has 3 N–H and O–H groups in total. The first-order valence-corrected chi connectivity index (χ1v) is 7.83. The molecule has 0 atom stereocenters. The van der Waals surface area contributed by atoms with E-state index in [1.807, 2.05) is 18.2 Å². The predicted octanol–water partition coefficient (Wildman–Crippen LogP) is 1.65. The standard InChI is InChI=1S/C19H16N4O3/c20-17(24)12-23-11-16(6-7-18(23)25)22-19(26)14-4-1-3-13(9-14)15-5-2-8-21-10-15/h1-11H,12H2,(H2,20,24)(H,22,26). The molecule has 7 nitrogen and oxygen atoms in total. The Morgan fingerprint density at radius 1 is 1.08 bits per heavy atom. The molecule has 7 heteroatoms. The summed E-state index contributed by atoms with van der Waals surface area (Å²) in [5.74, 6) is -0.972. The molecule has 0 aliphatic rings. The van der Waals surface area contributed by atoms with Crippen molar-refractivity contribution in [2.24, 2.45) is 5.73 Å². The number of nitrogens with one attached hydrogen (secondary N) is 1. The summed E-state index contributed by atoms with van der Waals surface area (Å²) in [6.45, 7) is -0.251. The second-order valence-corrected chi connectivity index (χ2v) is 5.63. The molecule has 0 saturated heterocycles. The second kappa shape index (κ2) is 7.43. The van der Waals surface area contributed by atoms with Gasteiger partial charge in [0.2, 0.25) is 5.91 Å². The molecule has 2 aromatic heterocycles. The number of rotatable bonds is 5. The number of hydrogen-bond acceptors (Lipinski definition) is 4. The Labute approximate surface area is 149 Å². The van der Waals surface area contributed by atoms with Crippen LogP contribution in [0.2, 0.25) is 0 Å². The minimum Gasteiger partial charge on any atom is -0.368 e. The van der Waals surface area contributed by atoms with Crippen LogP contribution in [0.1, 0.15) is 10.4 Å². The lowest BCUT2D eigenvalue weighted by molar-refractivity contribution is -0.118. The molecule has 0 fully saturated rings. The molecule has 0 aliphatic heterocycles. The van der Waals surface area contributed by atoms with E-state index in [1.165, 1.54) is 18.3 Å². The normalized spacial score (nSPS) is 10.3. The first-order chi connectivity index (χ1) is 12.5. The van der Waals surface area contributed by atoms with E-state index in [0.717, 1.165) is 15.7 Å². The van der Waals surface area contributed by atoms with Crippen LogP contribution in [0, 0.1) is 0 Å². The Morgan fingerprint density at radius 3 is 2.62 bits per heavy atom. The molecule has 0 saturated carbocycles. The van der Waals surface area contributed by atoms with E-state index in [0.29, 0.717) is 11.3 Å². The zero-order chi connectivity index (χ0) is 18.5. The number of amides is 2. The average Bonchev–Trinajstić information content (AvgIpc) is 2.65. The van der Waals surface area contributed by atoms with Crippen molar-refractivity contribution in [2.45, 2.75) is 6.54 Å². The van der Waals surface area contributed by atoms with E-state index in [-0.39, 0.29) is 18.0 Å². The molecule has 0 unspecified atom stereocenters. The lowest BCUT2D eigenvalue weighted by Crippen LogP contribution is -2.27. The minimum atomic E-state index is -0.639. The lowest BCUT2D eigenvalue weighted by Gasteiger charge is -2.09. The molecule has 1 aromatic carbocycles. The number of anilines is 1. The van der Waals surface area contributed by atoms with E-state index < -0.39 is 5.91 Å². The van der Waals surface area contributed by atoms with Crippen molar-refractivity contribution >= 4 is 17.5 Å². The second-order valence-electron chi connectivity index (χ2n) is 5.63. The van der Waals surface area contributed by atoms with Gasteiger partial charge in [0.25, 0.3) is 11.5 Å². The van der Waals surface area contributed by atoms with Crippen molar-refractivity contribution in [3.05, 3.63) is 83.0 Å². The maximum Gasteiger partial charge on any atom is 0.255 e. The van der Waals surface area contributed by atoms with Crippen molar-refractivity contribution < 1.29 is 9.59 Å². The van der Waals surface area contributed by atoms with Crippen LogP contribution < -0.4 is 16.6 Å². The molecule has 3 rings (SSSR count). The Kier molecular flexibility index (Phi) is 4.89. The van der Waals surface area contributed by atoms with Crippen LogP contribution in [0.25, 0.3) is 11.1 Å². The topological polar surface area (TPSA) is 107 Å². The zero-order valence-corrected chi connectivity index (χ0v) is 13.8. The zero-order valence-electron chi connectivity index (χ0n) is 13.8. The highest BCUT2D eigenvalue weighted by Crippen LogP contribution is 2.19. The van der Waals surface area contributed by atoms with Gasteiger partial charge in [0.05, 0.1) is 5.69 Å². The fourth-order valence-corrected chi connectivity index (χ4v) is 2.47. The van der Waals surface area contributed by atoms with Gasteiger partial charge in [0.15, 0.2) is 0 Å². The molecule has 130 valence electrons. The number of hydrogen-bond donors (Lipinski definition) is 2. The minimum absolute atomic E-state index is 0.251. The Bertz CT molecular complexity index is 1010. The number of aromatic nitrogens is 2. The summed E-state index contributed by atoms with van der Waals surface area (Å²) in [5, 5.41) is 2.71. The summed E-state index contributed by atoms with van der Waals surface area (Å²) in [4.78, 5) is 39.3. The maximum atomic E-state index is 12.5. The fraction of sp³-hybridized carbons (Fsp3) is 0.0526. The first kappa shape index (κ1) is 17.1. The molecule has 0 aliphatic carbocycles. The first-order valence-electron chi connectivity index (χ1n) is 7.83. The number of carbonyl (C=O) groups is 2. The molecule has 0 radical (unpaired) electrons. The predicted molar refractivity (Wildman–Crippen MR) is 97.5 cm³/mol. The Hall–Kier alpha value is -3.74. The van der Waals surface area contributed by atoms with Gasteiger partial charge in [0, 0.05) is 35.8 Å². The highest BCUT2D eigenvalue weighted by atomic mass is 16.2. The van der Waals surface area contributed by atoms with Gasteiger partial charge in [-0.3, -0.25) is 19.4 Å². The maximum absolute atomic E-state index is 12.5. The third-order valence-corrected chi connectivity index (χ3v) is 3.69. The molecule has 3 aromatic rings. The molecule has 2 heterocycles. The molecule has 26 heavy (non-hydrogen) atoms. The van der Waals surface area contributed by atoms with Crippen LogP contribution in [-0.4, -0.2) is 21.4 Å². The van der Waals surface area contributed by atoms with Crippen LogP contribution in [0.5, 0.6) is 0 Å². The van der Waals surface area contributed by atoms with Crippen LogP contribution in [0.15, 0.2) is 71.9 Å². The number of primary amides is 1. The summed E-state index contributed by atoms with van der Waals surface area (Å²) in [6, 6.07) is 13.6. The molecular formula is C19H16N4O3. The number of nitrogens with two attached hydrogens (primary N) is 1. The highest BCUT2D eigenvalue weighted by molar-refractivity contribution is 6.04. The fourth-order valence-electron chi connectivity index (χ4n) is 2.47. The van der Waals surface area contributed by atoms with Gasteiger partial charge >= 0.3 is 0 Å². The third-order valence-electron chi connectivity index (χ3n) is 3.69. The van der Waals surface area contributed by atoms with Crippen molar-refractivity contribution in [2.75, 3.05) is 5.32 Å². The largest absolute Gasteiger partial charge is 0.368 e. The number of carbonyl (C=O) groups excluding carboxylic acids is 2. The molecule has 0 bridgehead atoms. The van der Waals surface area contributed by atoms with E-state index >= 15 is 0 Å². The number of nitrogens with zero attached hydrogens (tertiary/aromatic N) is 2. The number of pyridine rings is 2. The lowest BCUT2D eigenvalue weighted by atomic mass is 10.0. The van der Waals surface area contributed by atoms with Gasteiger partial charge in [-0.15, -0.1) is 0 Å². The van der Waals surface area contributed by atoms with Gasteiger partial charge in [-0.1, -0.05) is 18.2 Å². The van der Waals surface area contributed by atoms with Gasteiger partial charge in [-0.25, -0.2) is 0 Å². The van der Waals surface area contributed by atoms with Crippen molar-refractivity contribution in [1.29, 1.82) is 0 Å². The average molecular weight is 348 g/mol. The van der Waals surface area contributed by atoms with Crippen LogP contribution in [-0.2, 0) is 11.3 Å².